The van der Waals surface area contributed by atoms with E-state index in [0.717, 1.165) is 49.1 Å². The van der Waals surface area contributed by atoms with Crippen LogP contribution < -0.4 is 20.1 Å². The van der Waals surface area contributed by atoms with Crippen molar-refractivity contribution in [3.05, 3.63) is 59.7 Å². The van der Waals surface area contributed by atoms with E-state index in [9.17, 15) is 0 Å². The lowest BCUT2D eigenvalue weighted by Crippen LogP contribution is -2.38. The number of likely N-dealkylation sites (N-methyl/N-ethyl adjacent to an activating group) is 1. The zero-order chi connectivity index (χ0) is 20.9. The molecule has 6 heteroatoms. The molecule has 0 spiro atoms. The van der Waals surface area contributed by atoms with E-state index < -0.39 is 0 Å². The quantitative estimate of drug-likeness (QED) is 0.450. The number of rotatable bonds is 11. The molecule has 0 unspecified atom stereocenters. The second-order valence-corrected chi connectivity index (χ2v) is 6.94. The van der Waals surface area contributed by atoms with Gasteiger partial charge in [0.05, 0.1) is 13.7 Å². The minimum atomic E-state index is 0.558. The monoisotopic (exact) mass is 398 g/mol. The Labute approximate surface area is 174 Å². The average Bonchev–Trinajstić information content (AvgIpc) is 2.73. The Morgan fingerprint density at radius 3 is 2.34 bits per heavy atom. The molecular formula is C23H34N4O2. The summed E-state index contributed by atoms with van der Waals surface area (Å²) in [7, 11) is 5.79. The molecule has 0 radical (unpaired) electrons. The Hall–Kier alpha value is -2.73. The number of aliphatic imine (C=N–C) groups is 1. The van der Waals surface area contributed by atoms with Gasteiger partial charge in [-0.3, -0.25) is 0 Å². The van der Waals surface area contributed by atoms with Gasteiger partial charge in [0, 0.05) is 25.2 Å². The highest BCUT2D eigenvalue weighted by Gasteiger charge is 2.05. The first-order valence-electron chi connectivity index (χ1n) is 10.1. The van der Waals surface area contributed by atoms with Crippen molar-refractivity contribution in [1.82, 2.24) is 15.5 Å². The molecule has 2 aromatic carbocycles. The van der Waals surface area contributed by atoms with Crippen LogP contribution in [0, 0.1) is 0 Å². The third kappa shape index (κ3) is 8.03. The van der Waals surface area contributed by atoms with Gasteiger partial charge < -0.3 is 25.0 Å². The van der Waals surface area contributed by atoms with Crippen molar-refractivity contribution in [3.8, 4) is 11.5 Å². The summed E-state index contributed by atoms with van der Waals surface area (Å²) in [6.07, 6.45) is 0.860. The Bertz CT molecular complexity index is 762. The summed E-state index contributed by atoms with van der Waals surface area (Å²) in [5.41, 5.74) is 2.26. The Morgan fingerprint density at radius 2 is 1.66 bits per heavy atom. The first-order valence-corrected chi connectivity index (χ1v) is 10.1. The summed E-state index contributed by atoms with van der Waals surface area (Å²) in [4.78, 5) is 6.84. The minimum Gasteiger partial charge on any atom is -0.496 e. The Morgan fingerprint density at radius 1 is 0.966 bits per heavy atom. The predicted molar refractivity (Wildman–Crippen MR) is 120 cm³/mol. The van der Waals surface area contributed by atoms with Crippen molar-refractivity contribution in [1.29, 1.82) is 0 Å². The normalized spacial score (nSPS) is 11.4. The van der Waals surface area contributed by atoms with Crippen LogP contribution in [0.1, 0.15) is 18.1 Å². The van der Waals surface area contributed by atoms with E-state index in [0.29, 0.717) is 13.2 Å². The lowest BCUT2D eigenvalue weighted by molar-refractivity contribution is 0.259. The molecule has 0 heterocycles. The van der Waals surface area contributed by atoms with E-state index in [1.165, 1.54) is 5.56 Å². The summed E-state index contributed by atoms with van der Waals surface area (Å²) >= 11 is 0. The molecule has 2 aromatic rings. The van der Waals surface area contributed by atoms with Gasteiger partial charge in [-0.1, -0.05) is 36.4 Å². The molecule has 6 nitrogen and oxygen atoms in total. The molecule has 158 valence electrons. The van der Waals surface area contributed by atoms with Crippen LogP contribution in [-0.2, 0) is 13.0 Å². The maximum Gasteiger partial charge on any atom is 0.191 e. The highest BCUT2D eigenvalue weighted by molar-refractivity contribution is 5.79. The molecule has 29 heavy (non-hydrogen) atoms. The minimum absolute atomic E-state index is 0.558. The molecule has 0 saturated heterocycles. The first kappa shape index (κ1) is 22.6. The molecule has 0 bridgehead atoms. The molecule has 0 aliphatic heterocycles. The van der Waals surface area contributed by atoms with Gasteiger partial charge in [0.1, 0.15) is 18.1 Å². The van der Waals surface area contributed by atoms with Crippen LogP contribution in [0.15, 0.2) is 53.5 Å². The number of hydrogen-bond donors (Lipinski definition) is 2. The van der Waals surface area contributed by atoms with Crippen LogP contribution in [0.4, 0.5) is 0 Å². The van der Waals surface area contributed by atoms with Crippen molar-refractivity contribution in [3.63, 3.8) is 0 Å². The highest BCUT2D eigenvalue weighted by atomic mass is 16.5. The lowest BCUT2D eigenvalue weighted by atomic mass is 10.1. The Kier molecular flexibility index (Phi) is 9.86. The smallest absolute Gasteiger partial charge is 0.191 e. The SMILES string of the molecule is CCNC(=NCc1ccccc1OCCN(C)C)NCCc1ccccc1OC. The largest absolute Gasteiger partial charge is 0.496 e. The van der Waals surface area contributed by atoms with Gasteiger partial charge in [-0.05, 0) is 45.1 Å². The summed E-state index contributed by atoms with van der Waals surface area (Å²) in [5, 5.41) is 6.71. The van der Waals surface area contributed by atoms with Gasteiger partial charge in [0.15, 0.2) is 5.96 Å². The van der Waals surface area contributed by atoms with Gasteiger partial charge in [-0.25, -0.2) is 4.99 Å². The van der Waals surface area contributed by atoms with E-state index in [1.54, 1.807) is 7.11 Å². The van der Waals surface area contributed by atoms with E-state index >= 15 is 0 Å². The fourth-order valence-electron chi connectivity index (χ4n) is 2.84. The van der Waals surface area contributed by atoms with Gasteiger partial charge in [0.2, 0.25) is 0 Å². The fraction of sp³-hybridized carbons (Fsp3) is 0.435. The molecule has 2 N–H and O–H groups in total. The number of nitrogens with one attached hydrogen (secondary N) is 2. The summed E-state index contributed by atoms with van der Waals surface area (Å²) in [6, 6.07) is 16.2. The average molecular weight is 399 g/mol. The molecule has 0 aliphatic rings. The van der Waals surface area contributed by atoms with Gasteiger partial charge in [-0.2, -0.15) is 0 Å². The third-order valence-electron chi connectivity index (χ3n) is 4.40. The third-order valence-corrected chi connectivity index (χ3v) is 4.40. The zero-order valence-electron chi connectivity index (χ0n) is 18.1. The number of para-hydroxylation sites is 2. The topological polar surface area (TPSA) is 58.1 Å². The van der Waals surface area contributed by atoms with Gasteiger partial charge >= 0.3 is 0 Å². The maximum absolute atomic E-state index is 5.94. The zero-order valence-corrected chi connectivity index (χ0v) is 18.1. The van der Waals surface area contributed by atoms with E-state index in [2.05, 4.69) is 34.6 Å². The molecule has 0 fully saturated rings. The van der Waals surface area contributed by atoms with Crippen molar-refractivity contribution in [2.45, 2.75) is 19.9 Å². The number of benzene rings is 2. The van der Waals surface area contributed by atoms with Crippen molar-refractivity contribution < 1.29 is 9.47 Å². The lowest BCUT2D eigenvalue weighted by Gasteiger charge is -2.15. The van der Waals surface area contributed by atoms with Crippen molar-refractivity contribution in [2.75, 3.05) is 47.4 Å². The van der Waals surface area contributed by atoms with Crippen LogP contribution in [0.2, 0.25) is 0 Å². The second-order valence-electron chi connectivity index (χ2n) is 6.94. The van der Waals surface area contributed by atoms with Crippen LogP contribution in [0.5, 0.6) is 11.5 Å². The first-order chi connectivity index (χ1) is 14.1. The maximum atomic E-state index is 5.94. The Balaban J connectivity index is 1.95. The van der Waals surface area contributed by atoms with Crippen LogP contribution in [-0.4, -0.2) is 58.3 Å². The summed E-state index contributed by atoms with van der Waals surface area (Å²) < 4.78 is 11.4. The van der Waals surface area contributed by atoms with Gasteiger partial charge in [0.25, 0.3) is 0 Å². The van der Waals surface area contributed by atoms with Crippen LogP contribution in [0.25, 0.3) is 0 Å². The number of ether oxygens (including phenoxy) is 2. The highest BCUT2D eigenvalue weighted by Crippen LogP contribution is 2.19. The van der Waals surface area contributed by atoms with Gasteiger partial charge in [-0.15, -0.1) is 0 Å². The predicted octanol–water partition coefficient (Wildman–Crippen LogP) is 2.93. The molecule has 0 amide bonds. The number of hydrogen-bond acceptors (Lipinski definition) is 4. The molecule has 0 saturated carbocycles. The fourth-order valence-corrected chi connectivity index (χ4v) is 2.84. The number of nitrogens with zero attached hydrogens (tertiary/aromatic N) is 2. The summed E-state index contributed by atoms with van der Waals surface area (Å²) in [6.45, 7) is 5.74. The van der Waals surface area contributed by atoms with Crippen LogP contribution in [0.3, 0.4) is 0 Å². The molecule has 0 aliphatic carbocycles. The molecular weight excluding hydrogens is 364 g/mol. The standard InChI is InChI=1S/C23H34N4O2/c1-5-24-23(25-15-14-19-10-6-8-12-21(19)28-4)26-18-20-11-7-9-13-22(20)29-17-16-27(2)3/h6-13H,5,14-18H2,1-4H3,(H2,24,25,26). The number of methoxy groups -OCH3 is 1. The summed E-state index contributed by atoms with van der Waals surface area (Å²) in [5.74, 6) is 2.61. The number of guanidine groups is 1. The van der Waals surface area contributed by atoms with Crippen molar-refractivity contribution >= 4 is 5.96 Å². The molecule has 0 aromatic heterocycles. The van der Waals surface area contributed by atoms with Crippen molar-refractivity contribution in [2.24, 2.45) is 4.99 Å². The molecule has 0 atom stereocenters. The van der Waals surface area contributed by atoms with E-state index in [1.807, 2.05) is 50.5 Å². The molecule has 2 rings (SSSR count). The van der Waals surface area contributed by atoms with E-state index in [4.69, 9.17) is 14.5 Å². The van der Waals surface area contributed by atoms with Crippen LogP contribution >= 0.6 is 0 Å². The van der Waals surface area contributed by atoms with E-state index in [-0.39, 0.29) is 0 Å². The second kappa shape index (κ2) is 12.7.